The second-order valence-electron chi connectivity index (χ2n) is 5.58. The van der Waals surface area contributed by atoms with Crippen LogP contribution in [-0.2, 0) is 4.79 Å². The highest BCUT2D eigenvalue weighted by Gasteiger charge is 2.08. The summed E-state index contributed by atoms with van der Waals surface area (Å²) >= 11 is 0. The molecule has 3 N–H and O–H groups in total. The summed E-state index contributed by atoms with van der Waals surface area (Å²) in [6, 6.07) is 13.3. The van der Waals surface area contributed by atoms with Crippen molar-refractivity contribution in [1.29, 1.82) is 0 Å². The van der Waals surface area contributed by atoms with Crippen molar-refractivity contribution in [3.05, 3.63) is 53.6 Å². The van der Waals surface area contributed by atoms with Crippen molar-refractivity contribution in [3.63, 3.8) is 0 Å². The molecule has 0 saturated carbocycles. The molecular formula is C18H18N4O2. The van der Waals surface area contributed by atoms with E-state index in [1.165, 1.54) is 0 Å². The molecule has 2 aromatic carbocycles. The number of nitrogens with two attached hydrogens (primary N) is 1. The van der Waals surface area contributed by atoms with Gasteiger partial charge in [-0.3, -0.25) is 4.79 Å². The molecule has 1 heterocycles. The number of azo groups is 1. The van der Waals surface area contributed by atoms with Crippen LogP contribution in [0, 0.1) is 13.8 Å². The summed E-state index contributed by atoms with van der Waals surface area (Å²) in [5, 5.41) is 9.34. The van der Waals surface area contributed by atoms with Crippen molar-refractivity contribution in [2.24, 2.45) is 10.2 Å². The smallest absolute Gasteiger partial charge is 0.302 e. The summed E-state index contributed by atoms with van der Waals surface area (Å²) in [6.45, 7) is 3.73. The fourth-order valence-corrected chi connectivity index (χ4v) is 2.40. The Hall–Kier alpha value is -3.15. The molecule has 24 heavy (non-hydrogen) atoms. The minimum absolute atomic E-state index is 0.165. The van der Waals surface area contributed by atoms with Gasteiger partial charge in [0.1, 0.15) is 11.6 Å². The van der Waals surface area contributed by atoms with Crippen molar-refractivity contribution in [3.8, 4) is 5.75 Å². The van der Waals surface area contributed by atoms with Crippen LogP contribution in [0.2, 0.25) is 0 Å². The molecule has 6 heteroatoms. The number of nitrogens with zero attached hydrogens (tertiary/aromatic N) is 2. The molecule has 0 aliphatic heterocycles. The van der Waals surface area contributed by atoms with Gasteiger partial charge in [0, 0.05) is 10.8 Å². The molecular weight excluding hydrogens is 304 g/mol. The molecule has 0 saturated heterocycles. The zero-order valence-electron chi connectivity index (χ0n) is 13.5. The number of nitrogen functional groups attached to an aromatic ring is 1. The third-order valence-corrected chi connectivity index (χ3v) is 3.68. The zero-order valence-corrected chi connectivity index (χ0v) is 13.5. The number of H-pyrrole nitrogens is 1. The molecule has 1 aromatic heterocycles. The Morgan fingerprint density at radius 1 is 1.17 bits per heavy atom. The lowest BCUT2D eigenvalue weighted by molar-refractivity contribution is -0.120. The number of aryl methyl sites for hydroxylation is 2. The van der Waals surface area contributed by atoms with E-state index in [0.717, 1.165) is 21.9 Å². The van der Waals surface area contributed by atoms with Crippen molar-refractivity contribution >= 4 is 28.3 Å². The molecule has 0 radical (unpaired) electrons. The molecule has 122 valence electrons. The standard InChI is InChI=1S/C18H18N4O2/c1-11-7-8-12(2)15(9-11)24-10-16(23)21-22-18-14-6-4-3-5-13(14)17(19)20-18/h3-9,20H,10,19H2,1-2H3. The third-order valence-electron chi connectivity index (χ3n) is 3.68. The van der Waals surface area contributed by atoms with Gasteiger partial charge in [-0.05, 0) is 31.0 Å². The van der Waals surface area contributed by atoms with Gasteiger partial charge >= 0.3 is 5.91 Å². The molecule has 0 aliphatic rings. The minimum Gasteiger partial charge on any atom is -0.483 e. The summed E-state index contributed by atoms with van der Waals surface area (Å²) < 4.78 is 5.52. The molecule has 3 rings (SSSR count). The Morgan fingerprint density at radius 3 is 2.71 bits per heavy atom. The number of fused-ring (bicyclic) bond motifs is 1. The maximum Gasteiger partial charge on any atom is 0.302 e. The number of ether oxygens (including phenoxy) is 1. The lowest BCUT2D eigenvalue weighted by Crippen LogP contribution is -2.08. The van der Waals surface area contributed by atoms with Gasteiger partial charge in [0.2, 0.25) is 0 Å². The Labute approximate surface area is 139 Å². The SMILES string of the molecule is Cc1ccc(C)c(OCC(=O)N=Nc2[nH]c(N)c3ccccc23)c1. The maximum absolute atomic E-state index is 11.9. The average molecular weight is 322 g/mol. The fraction of sp³-hybridized carbons (Fsp3) is 0.167. The number of rotatable bonds is 4. The van der Waals surface area contributed by atoms with Crippen LogP contribution in [0.3, 0.4) is 0 Å². The Balaban J connectivity index is 1.70. The summed E-state index contributed by atoms with van der Waals surface area (Å²) in [4.78, 5) is 14.8. The third kappa shape index (κ3) is 3.27. The summed E-state index contributed by atoms with van der Waals surface area (Å²) in [6.07, 6.45) is 0. The molecule has 0 bridgehead atoms. The number of hydrogen-bond donors (Lipinski definition) is 2. The first kappa shape index (κ1) is 15.7. The van der Waals surface area contributed by atoms with Gasteiger partial charge in [-0.25, -0.2) is 0 Å². The average Bonchev–Trinajstić information content (AvgIpc) is 2.90. The molecule has 1 amide bonds. The van der Waals surface area contributed by atoms with Crippen molar-refractivity contribution < 1.29 is 9.53 Å². The zero-order chi connectivity index (χ0) is 17.1. The number of nitrogens with one attached hydrogen (secondary N) is 1. The van der Waals surface area contributed by atoms with E-state index in [-0.39, 0.29) is 6.61 Å². The van der Waals surface area contributed by atoms with E-state index in [0.29, 0.717) is 17.4 Å². The Kier molecular flexibility index (Phi) is 4.29. The van der Waals surface area contributed by atoms with E-state index in [4.69, 9.17) is 10.5 Å². The lowest BCUT2D eigenvalue weighted by atomic mass is 10.1. The molecule has 6 nitrogen and oxygen atoms in total. The van der Waals surface area contributed by atoms with Gasteiger partial charge in [0.15, 0.2) is 12.4 Å². The molecule has 0 aliphatic carbocycles. The number of amides is 1. The van der Waals surface area contributed by atoms with Crippen LogP contribution in [-0.4, -0.2) is 17.5 Å². The largest absolute Gasteiger partial charge is 0.483 e. The predicted octanol–water partition coefficient (Wildman–Crippen LogP) is 4.06. The number of carbonyl (C=O) groups excluding carboxylic acids is 1. The Bertz CT molecular complexity index is 928. The second kappa shape index (κ2) is 6.54. The number of anilines is 1. The van der Waals surface area contributed by atoms with Gasteiger partial charge < -0.3 is 15.5 Å². The van der Waals surface area contributed by atoms with Crippen LogP contribution in [0.1, 0.15) is 11.1 Å². The minimum atomic E-state index is -0.465. The van der Waals surface area contributed by atoms with E-state index in [9.17, 15) is 4.79 Å². The van der Waals surface area contributed by atoms with Crippen molar-refractivity contribution in [2.75, 3.05) is 12.3 Å². The lowest BCUT2D eigenvalue weighted by Gasteiger charge is -2.07. The van der Waals surface area contributed by atoms with Gasteiger partial charge in [-0.1, -0.05) is 36.4 Å². The number of carbonyl (C=O) groups is 1. The normalized spacial score (nSPS) is 11.2. The summed E-state index contributed by atoms with van der Waals surface area (Å²) in [5.41, 5.74) is 7.92. The number of aromatic amines is 1. The number of aromatic nitrogens is 1. The molecule has 0 fully saturated rings. The van der Waals surface area contributed by atoms with Crippen molar-refractivity contribution in [2.45, 2.75) is 13.8 Å². The van der Waals surface area contributed by atoms with Gasteiger partial charge in [0.05, 0.1) is 0 Å². The molecule has 0 spiro atoms. The first-order valence-electron chi connectivity index (χ1n) is 7.55. The Morgan fingerprint density at radius 2 is 1.92 bits per heavy atom. The van der Waals surface area contributed by atoms with Crippen molar-refractivity contribution in [1.82, 2.24) is 4.98 Å². The van der Waals surface area contributed by atoms with Gasteiger partial charge in [-0.2, -0.15) is 0 Å². The number of benzene rings is 2. The van der Waals surface area contributed by atoms with Crippen LogP contribution in [0.4, 0.5) is 11.6 Å². The number of hydrogen-bond acceptors (Lipinski definition) is 4. The van der Waals surface area contributed by atoms with Gasteiger partial charge in [0.25, 0.3) is 0 Å². The van der Waals surface area contributed by atoms with E-state index in [1.54, 1.807) is 0 Å². The quantitative estimate of drug-likeness (QED) is 0.709. The molecule has 3 aromatic rings. The molecule has 0 unspecified atom stereocenters. The van der Waals surface area contributed by atoms with E-state index in [1.807, 2.05) is 56.3 Å². The van der Waals surface area contributed by atoms with Gasteiger partial charge in [-0.15, -0.1) is 10.2 Å². The predicted molar refractivity (Wildman–Crippen MR) is 93.6 cm³/mol. The highest BCUT2D eigenvalue weighted by atomic mass is 16.5. The highest BCUT2D eigenvalue weighted by Crippen LogP contribution is 2.30. The molecule has 0 atom stereocenters. The first-order chi connectivity index (χ1) is 11.5. The van der Waals surface area contributed by atoms with Crippen LogP contribution < -0.4 is 10.5 Å². The van der Waals surface area contributed by atoms with E-state index >= 15 is 0 Å². The van der Waals surface area contributed by atoms with Crippen LogP contribution in [0.25, 0.3) is 10.8 Å². The maximum atomic E-state index is 11.9. The second-order valence-corrected chi connectivity index (χ2v) is 5.58. The van der Waals surface area contributed by atoms with Crippen LogP contribution in [0.15, 0.2) is 52.7 Å². The first-order valence-corrected chi connectivity index (χ1v) is 7.55. The van der Waals surface area contributed by atoms with E-state index < -0.39 is 5.91 Å². The van der Waals surface area contributed by atoms with Crippen LogP contribution >= 0.6 is 0 Å². The summed E-state index contributed by atoms with van der Waals surface area (Å²) in [5.74, 6) is 1.17. The highest BCUT2D eigenvalue weighted by molar-refractivity contribution is 5.99. The topological polar surface area (TPSA) is 92.8 Å². The van der Waals surface area contributed by atoms with Crippen LogP contribution in [0.5, 0.6) is 5.75 Å². The summed E-state index contributed by atoms with van der Waals surface area (Å²) in [7, 11) is 0. The monoisotopic (exact) mass is 322 g/mol. The van der Waals surface area contributed by atoms with E-state index in [2.05, 4.69) is 15.2 Å². The fourth-order valence-electron chi connectivity index (χ4n) is 2.40.